The number of ether oxygens (including phenoxy) is 2. The van der Waals surface area contributed by atoms with Gasteiger partial charge < -0.3 is 20.1 Å². The summed E-state index contributed by atoms with van der Waals surface area (Å²) >= 11 is 0. The number of amides is 1. The van der Waals surface area contributed by atoms with E-state index in [0.717, 1.165) is 38.5 Å². The van der Waals surface area contributed by atoms with Gasteiger partial charge in [-0.05, 0) is 61.0 Å². The van der Waals surface area contributed by atoms with Crippen molar-refractivity contribution in [1.29, 1.82) is 0 Å². The van der Waals surface area contributed by atoms with Gasteiger partial charge in [-0.25, -0.2) is 9.67 Å². The normalized spacial score (nSPS) is 13.4. The summed E-state index contributed by atoms with van der Waals surface area (Å²) in [4.78, 5) is 37.5. The summed E-state index contributed by atoms with van der Waals surface area (Å²) in [5, 5.41) is 6.08. The molecule has 3 heterocycles. The summed E-state index contributed by atoms with van der Waals surface area (Å²) < 4.78 is 14.6. The van der Waals surface area contributed by atoms with E-state index in [2.05, 4.69) is 37.6 Å². The van der Waals surface area contributed by atoms with Gasteiger partial charge in [-0.15, -0.1) is 0 Å². The number of carbonyl (C=O) groups excluding carboxylic acids is 1. The first-order valence-electron chi connectivity index (χ1n) is 14.4. The summed E-state index contributed by atoms with van der Waals surface area (Å²) in [7, 11) is 1.75. The number of nitrogens with one attached hydrogen (secondary N) is 2. The van der Waals surface area contributed by atoms with E-state index in [0.29, 0.717) is 34.6 Å². The van der Waals surface area contributed by atoms with Crippen molar-refractivity contribution in [3.63, 3.8) is 0 Å². The van der Waals surface area contributed by atoms with Gasteiger partial charge in [0.1, 0.15) is 11.3 Å². The number of nitrogens with zero attached hydrogens (tertiary/aromatic N) is 5. The van der Waals surface area contributed by atoms with E-state index in [1.165, 1.54) is 10.2 Å². The number of rotatable bonds is 9. The highest BCUT2D eigenvalue weighted by molar-refractivity contribution is 6.05. The van der Waals surface area contributed by atoms with Crippen LogP contribution in [0.25, 0.3) is 5.69 Å². The van der Waals surface area contributed by atoms with Crippen LogP contribution in [0.1, 0.15) is 21.6 Å². The highest BCUT2D eigenvalue weighted by atomic mass is 16.5. The maximum absolute atomic E-state index is 13.2. The van der Waals surface area contributed by atoms with Crippen LogP contribution in [-0.4, -0.2) is 56.4 Å². The molecule has 0 atom stereocenters. The number of hydrogen-bond acceptors (Lipinski definition) is 8. The average molecular weight is 592 g/mol. The van der Waals surface area contributed by atoms with E-state index in [4.69, 9.17) is 9.47 Å². The van der Waals surface area contributed by atoms with Crippen molar-refractivity contribution in [2.45, 2.75) is 13.5 Å². The van der Waals surface area contributed by atoms with Crippen molar-refractivity contribution in [3.8, 4) is 17.3 Å². The number of anilines is 3. The van der Waals surface area contributed by atoms with E-state index in [9.17, 15) is 9.59 Å². The van der Waals surface area contributed by atoms with Crippen LogP contribution in [0.3, 0.4) is 0 Å². The predicted octanol–water partition coefficient (Wildman–Crippen LogP) is 4.89. The molecule has 1 saturated heterocycles. The third kappa shape index (κ3) is 6.54. The largest absolute Gasteiger partial charge is 0.439 e. The molecule has 1 aliphatic rings. The summed E-state index contributed by atoms with van der Waals surface area (Å²) in [5.41, 5.74) is 3.56. The van der Waals surface area contributed by atoms with Crippen LogP contribution in [0.2, 0.25) is 0 Å². The number of carbonyl (C=O) groups is 1. The minimum absolute atomic E-state index is 0.0873. The lowest BCUT2D eigenvalue weighted by molar-refractivity contribution is 0.0342. The number of para-hydroxylation sites is 1. The lowest BCUT2D eigenvalue weighted by Gasteiger charge is -2.26. The molecule has 224 valence electrons. The van der Waals surface area contributed by atoms with Crippen LogP contribution < -0.4 is 20.9 Å². The fourth-order valence-corrected chi connectivity index (χ4v) is 5.10. The predicted molar refractivity (Wildman–Crippen MR) is 168 cm³/mol. The molecular weight excluding hydrogens is 558 g/mol. The van der Waals surface area contributed by atoms with Gasteiger partial charge in [0.15, 0.2) is 0 Å². The molecule has 11 nitrogen and oxygen atoms in total. The molecule has 5 aromatic rings. The van der Waals surface area contributed by atoms with Crippen molar-refractivity contribution >= 4 is 23.2 Å². The molecule has 0 saturated carbocycles. The molecule has 0 spiro atoms. The zero-order chi connectivity index (χ0) is 30.5. The Bertz CT molecular complexity index is 1810. The highest BCUT2D eigenvalue weighted by Crippen LogP contribution is 2.24. The molecule has 3 aromatic carbocycles. The zero-order valence-corrected chi connectivity index (χ0v) is 24.6. The molecule has 0 aliphatic carbocycles. The lowest BCUT2D eigenvalue weighted by atomic mass is 10.2. The van der Waals surface area contributed by atoms with Gasteiger partial charge >= 0.3 is 0 Å². The molecule has 0 bridgehead atoms. The molecule has 11 heteroatoms. The van der Waals surface area contributed by atoms with E-state index >= 15 is 0 Å². The zero-order valence-electron chi connectivity index (χ0n) is 24.6. The molecule has 6 rings (SSSR count). The number of hydrogen-bond donors (Lipinski definition) is 2. The average Bonchev–Trinajstić information content (AvgIpc) is 3.26. The Morgan fingerprint density at radius 3 is 2.50 bits per heavy atom. The Kier molecular flexibility index (Phi) is 8.48. The molecule has 1 fully saturated rings. The van der Waals surface area contributed by atoms with E-state index in [1.807, 2.05) is 42.5 Å². The van der Waals surface area contributed by atoms with Crippen LogP contribution in [0.15, 0.2) is 95.9 Å². The standard InChI is InChI=1S/C33H33N7O4/c1-23-30(32(42)40(38(23)2)27-9-4-3-5-10-27)31(41)35-25-11-13-28(14-12-25)44-29-15-16-34-33(37-29)36-26-8-6-7-24(21-26)22-39-17-19-43-20-18-39/h3-16,21H,17-20,22H2,1-2H3,(H,35,41)(H,34,36,37). The number of morpholine rings is 1. The first kappa shape index (κ1) is 28.8. The van der Waals surface area contributed by atoms with Gasteiger partial charge in [0.25, 0.3) is 11.5 Å². The minimum atomic E-state index is -0.480. The third-order valence-corrected chi connectivity index (χ3v) is 7.44. The quantitative estimate of drug-likeness (QED) is 0.249. The Morgan fingerprint density at radius 1 is 0.955 bits per heavy atom. The van der Waals surface area contributed by atoms with Crippen molar-refractivity contribution in [3.05, 3.63) is 118 Å². The van der Waals surface area contributed by atoms with Gasteiger partial charge in [0, 0.05) is 50.3 Å². The van der Waals surface area contributed by atoms with E-state index in [-0.39, 0.29) is 11.1 Å². The molecular formula is C33H33N7O4. The maximum atomic E-state index is 13.2. The summed E-state index contributed by atoms with van der Waals surface area (Å²) in [6.07, 6.45) is 1.63. The number of benzene rings is 3. The maximum Gasteiger partial charge on any atom is 0.284 e. The first-order valence-corrected chi connectivity index (χ1v) is 14.4. The smallest absolute Gasteiger partial charge is 0.284 e. The monoisotopic (exact) mass is 591 g/mol. The van der Waals surface area contributed by atoms with Crippen LogP contribution in [0.4, 0.5) is 17.3 Å². The first-order chi connectivity index (χ1) is 21.4. The van der Waals surface area contributed by atoms with Crippen molar-refractivity contribution in [2.24, 2.45) is 7.05 Å². The molecule has 44 heavy (non-hydrogen) atoms. The molecule has 1 amide bonds. The van der Waals surface area contributed by atoms with E-state index in [1.54, 1.807) is 55.2 Å². The van der Waals surface area contributed by atoms with Gasteiger partial charge in [-0.2, -0.15) is 4.98 Å². The molecule has 0 unspecified atom stereocenters. The minimum Gasteiger partial charge on any atom is -0.439 e. The summed E-state index contributed by atoms with van der Waals surface area (Å²) in [6, 6.07) is 25.9. The highest BCUT2D eigenvalue weighted by Gasteiger charge is 2.22. The van der Waals surface area contributed by atoms with Gasteiger partial charge in [0.2, 0.25) is 11.8 Å². The fraction of sp³-hybridized carbons (Fsp3) is 0.212. The fourth-order valence-electron chi connectivity index (χ4n) is 5.10. The topological polar surface area (TPSA) is 116 Å². The van der Waals surface area contributed by atoms with Crippen LogP contribution >= 0.6 is 0 Å². The van der Waals surface area contributed by atoms with Gasteiger partial charge in [0.05, 0.1) is 24.6 Å². The molecule has 1 aliphatic heterocycles. The van der Waals surface area contributed by atoms with Crippen LogP contribution in [0, 0.1) is 6.92 Å². The Labute approximate surface area is 254 Å². The summed E-state index contributed by atoms with van der Waals surface area (Å²) in [6.45, 7) is 5.99. The molecule has 2 N–H and O–H groups in total. The van der Waals surface area contributed by atoms with Crippen LogP contribution in [0.5, 0.6) is 11.6 Å². The van der Waals surface area contributed by atoms with Crippen molar-refractivity contribution in [1.82, 2.24) is 24.2 Å². The molecule has 0 radical (unpaired) electrons. The summed E-state index contributed by atoms with van der Waals surface area (Å²) in [5.74, 6) is 0.828. The second-order valence-corrected chi connectivity index (χ2v) is 10.4. The second kappa shape index (κ2) is 12.9. The number of aromatic nitrogens is 4. The Morgan fingerprint density at radius 2 is 1.73 bits per heavy atom. The van der Waals surface area contributed by atoms with Crippen LogP contribution in [-0.2, 0) is 18.3 Å². The SMILES string of the molecule is Cc1c(C(=O)Nc2ccc(Oc3ccnc(Nc4cccc(CN5CCOCC5)c4)n3)cc2)c(=O)n(-c2ccccc2)n1C. The van der Waals surface area contributed by atoms with Crippen molar-refractivity contribution < 1.29 is 14.3 Å². The third-order valence-electron chi connectivity index (χ3n) is 7.44. The van der Waals surface area contributed by atoms with Gasteiger partial charge in [-0.1, -0.05) is 30.3 Å². The Balaban J connectivity index is 1.09. The Hall–Kier alpha value is -5.26. The molecule has 2 aromatic heterocycles. The van der Waals surface area contributed by atoms with Crippen molar-refractivity contribution in [2.75, 3.05) is 36.9 Å². The van der Waals surface area contributed by atoms with E-state index < -0.39 is 5.91 Å². The lowest BCUT2D eigenvalue weighted by Crippen LogP contribution is -2.35. The van der Waals surface area contributed by atoms with Gasteiger partial charge in [-0.3, -0.25) is 19.2 Å². The second-order valence-electron chi connectivity index (χ2n) is 10.4.